The molecule has 1 aromatic rings. The Labute approximate surface area is 333 Å². The van der Waals surface area contributed by atoms with Crippen LogP contribution < -0.4 is 33.3 Å². The van der Waals surface area contributed by atoms with Gasteiger partial charge in [0.05, 0.1) is 12.1 Å². The van der Waals surface area contributed by atoms with Crippen molar-refractivity contribution in [3.05, 3.63) is 76.8 Å². The van der Waals surface area contributed by atoms with E-state index in [9.17, 15) is 38.4 Å². The second-order valence-electron chi connectivity index (χ2n) is 14.3. The summed E-state index contributed by atoms with van der Waals surface area (Å²) in [6, 6.07) is 3.55. The van der Waals surface area contributed by atoms with Crippen LogP contribution in [-0.2, 0) is 40.1 Å². The van der Waals surface area contributed by atoms with Gasteiger partial charge in [0, 0.05) is 97.4 Å². The number of nitrogens with one attached hydrogen (secondary N) is 3. The second kappa shape index (κ2) is 21.8. The Morgan fingerprint density at radius 3 is 1.98 bits per heavy atom. The number of rotatable bonds is 19. The Bertz CT molecular complexity index is 1800. The summed E-state index contributed by atoms with van der Waals surface area (Å²) in [5.41, 5.74) is 15.0. The highest BCUT2D eigenvalue weighted by Crippen LogP contribution is 2.34. The molecule has 0 radical (unpaired) electrons. The zero-order chi connectivity index (χ0) is 43.0. The fourth-order valence-corrected chi connectivity index (χ4v) is 6.12. The topological polar surface area (TPSA) is 260 Å². The van der Waals surface area contributed by atoms with Crippen LogP contribution in [0, 0.1) is 11.3 Å². The van der Waals surface area contributed by atoms with Crippen LogP contribution in [0.2, 0.25) is 0 Å². The molecule has 1 aromatic carbocycles. The zero-order valence-corrected chi connectivity index (χ0v) is 33.6. The Kier molecular flexibility index (Phi) is 18.0. The number of fused-ring (bicyclic) bond motifs is 1. The number of hydrazine groups is 1. The molecule has 5 amide bonds. The van der Waals surface area contributed by atoms with Crippen molar-refractivity contribution in [2.75, 3.05) is 32.5 Å². The van der Waals surface area contributed by atoms with Crippen molar-refractivity contribution in [3.63, 3.8) is 0 Å². The molecule has 1 saturated heterocycles. The van der Waals surface area contributed by atoms with Crippen molar-refractivity contribution < 1.29 is 38.4 Å². The van der Waals surface area contributed by atoms with Gasteiger partial charge in [-0.2, -0.15) is 0 Å². The Morgan fingerprint density at radius 2 is 1.49 bits per heavy atom. The molecule has 2 aliphatic rings. The Balaban J connectivity index is 0.000000453. The van der Waals surface area contributed by atoms with Gasteiger partial charge in [-0.3, -0.25) is 24.0 Å². The monoisotopic (exact) mass is 791 g/mol. The summed E-state index contributed by atoms with van der Waals surface area (Å²) < 4.78 is 0. The molecular formula is C40H57N9O8. The minimum atomic E-state index is -0.761. The lowest BCUT2D eigenvalue weighted by atomic mass is 9.76. The molecule has 3 unspecified atom stereocenters. The molecular weight excluding hydrogens is 734 g/mol. The van der Waals surface area contributed by atoms with E-state index < -0.39 is 23.4 Å². The van der Waals surface area contributed by atoms with Gasteiger partial charge >= 0.3 is 0 Å². The van der Waals surface area contributed by atoms with E-state index >= 15 is 0 Å². The molecule has 17 heteroatoms. The molecule has 57 heavy (non-hydrogen) atoms. The van der Waals surface area contributed by atoms with Crippen LogP contribution in [0.5, 0.6) is 0 Å². The lowest BCUT2D eigenvalue weighted by Gasteiger charge is -2.32. The minimum absolute atomic E-state index is 0.0209. The number of nitrogens with two attached hydrogens (primary N) is 3. The molecule has 0 bridgehead atoms. The molecule has 2 heterocycles. The molecule has 17 nitrogen and oxygen atoms in total. The van der Waals surface area contributed by atoms with Gasteiger partial charge in [-0.05, 0) is 43.9 Å². The summed E-state index contributed by atoms with van der Waals surface area (Å²) >= 11 is 0. The normalized spacial score (nSPS) is 17.0. The van der Waals surface area contributed by atoms with Crippen molar-refractivity contribution in [3.8, 4) is 0 Å². The SMILES string of the molecule is C=C/C=C1/C(=O)N(C(C=O)CCC(=O)NC)C/C1=C(/C)N.CNC(=O)CCC(C=O)N1Cc2c(NC(=O)CN(N)/C=C(\N)C(C)(C)C(C)CC=O)cccc2C1=O. The first kappa shape index (κ1) is 47.1. The molecule has 3 atom stereocenters. The third-order valence-corrected chi connectivity index (χ3v) is 10.2. The number of likely N-dealkylation sites (tertiary alicyclic amines) is 1. The molecule has 0 saturated carbocycles. The molecule has 9 N–H and O–H groups in total. The zero-order valence-electron chi connectivity index (χ0n) is 33.6. The van der Waals surface area contributed by atoms with Gasteiger partial charge in [0.25, 0.3) is 11.8 Å². The van der Waals surface area contributed by atoms with Gasteiger partial charge in [-0.25, -0.2) is 5.84 Å². The van der Waals surface area contributed by atoms with Gasteiger partial charge in [-0.1, -0.05) is 39.5 Å². The van der Waals surface area contributed by atoms with E-state index in [1.807, 2.05) is 20.8 Å². The van der Waals surface area contributed by atoms with E-state index in [4.69, 9.17) is 17.3 Å². The van der Waals surface area contributed by atoms with Crippen LogP contribution in [0.25, 0.3) is 0 Å². The van der Waals surface area contributed by atoms with Crippen molar-refractivity contribution in [2.24, 2.45) is 28.6 Å². The summed E-state index contributed by atoms with van der Waals surface area (Å²) in [5, 5.41) is 8.93. The van der Waals surface area contributed by atoms with Crippen LogP contribution in [0.15, 0.2) is 65.7 Å². The van der Waals surface area contributed by atoms with Gasteiger partial charge in [-0.15, -0.1) is 0 Å². The second-order valence-corrected chi connectivity index (χ2v) is 14.3. The van der Waals surface area contributed by atoms with Crippen LogP contribution in [0.3, 0.4) is 0 Å². The summed E-state index contributed by atoms with van der Waals surface area (Å²) in [6.07, 6.45) is 7.90. The van der Waals surface area contributed by atoms with Gasteiger partial charge < -0.3 is 56.6 Å². The predicted octanol–water partition coefficient (Wildman–Crippen LogP) is 1.17. The highest BCUT2D eigenvalue weighted by atomic mass is 16.2. The number of carbonyl (C=O) groups excluding carboxylic acids is 8. The van der Waals surface area contributed by atoms with Gasteiger partial charge in [0.15, 0.2) is 0 Å². The average molecular weight is 792 g/mol. The maximum atomic E-state index is 12.9. The average Bonchev–Trinajstić information content (AvgIpc) is 3.68. The van der Waals surface area contributed by atoms with Crippen molar-refractivity contribution in [1.82, 2.24) is 25.4 Å². The highest BCUT2D eigenvalue weighted by Gasteiger charge is 2.36. The van der Waals surface area contributed by atoms with Crippen molar-refractivity contribution in [2.45, 2.75) is 78.4 Å². The van der Waals surface area contributed by atoms with E-state index in [2.05, 4.69) is 22.5 Å². The quantitative estimate of drug-likeness (QED) is 0.0500. The minimum Gasteiger partial charge on any atom is -0.402 e. The highest BCUT2D eigenvalue weighted by molar-refractivity contribution is 6.04. The number of aldehydes is 3. The van der Waals surface area contributed by atoms with E-state index in [1.54, 1.807) is 31.2 Å². The molecule has 0 spiro atoms. The lowest BCUT2D eigenvalue weighted by molar-refractivity contribution is -0.131. The summed E-state index contributed by atoms with van der Waals surface area (Å²) in [5.74, 6) is 4.57. The van der Waals surface area contributed by atoms with E-state index in [0.717, 1.165) is 6.29 Å². The molecule has 310 valence electrons. The largest absolute Gasteiger partial charge is 0.402 e. The maximum absolute atomic E-state index is 12.9. The Morgan fingerprint density at radius 1 is 0.930 bits per heavy atom. The van der Waals surface area contributed by atoms with Crippen molar-refractivity contribution in [1.29, 1.82) is 0 Å². The fourth-order valence-electron chi connectivity index (χ4n) is 6.12. The summed E-state index contributed by atoms with van der Waals surface area (Å²) in [4.78, 5) is 97.5. The first-order chi connectivity index (χ1) is 26.9. The first-order valence-electron chi connectivity index (χ1n) is 18.5. The van der Waals surface area contributed by atoms with E-state index in [-0.39, 0.29) is 74.9 Å². The number of benzene rings is 1. The van der Waals surface area contributed by atoms with Crippen LogP contribution in [0.1, 0.15) is 75.7 Å². The molecule has 0 aliphatic carbocycles. The fraction of sp³-hybridized carbons (Fsp3) is 0.450. The van der Waals surface area contributed by atoms with E-state index in [0.29, 0.717) is 58.3 Å². The van der Waals surface area contributed by atoms with E-state index in [1.165, 1.54) is 41.2 Å². The molecule has 0 aromatic heterocycles. The summed E-state index contributed by atoms with van der Waals surface area (Å²) in [7, 11) is 3.04. The predicted molar refractivity (Wildman–Crippen MR) is 215 cm³/mol. The number of anilines is 1. The molecule has 3 rings (SSSR count). The number of hydrogen-bond acceptors (Lipinski definition) is 12. The van der Waals surface area contributed by atoms with Crippen LogP contribution in [-0.4, -0.2) is 102 Å². The smallest absolute Gasteiger partial charge is 0.255 e. The number of hydrogen-bond donors (Lipinski definition) is 6. The first-order valence-corrected chi connectivity index (χ1v) is 18.5. The molecule has 1 fully saturated rings. The summed E-state index contributed by atoms with van der Waals surface area (Å²) in [6.45, 7) is 11.2. The maximum Gasteiger partial charge on any atom is 0.255 e. The van der Waals surface area contributed by atoms with Gasteiger partial charge in [0.2, 0.25) is 17.7 Å². The van der Waals surface area contributed by atoms with Crippen molar-refractivity contribution >= 4 is 54.1 Å². The molecule has 2 aliphatic heterocycles. The number of nitrogens with zero attached hydrogens (tertiary/aromatic N) is 3. The third-order valence-electron chi connectivity index (χ3n) is 10.2. The number of allylic oxidation sites excluding steroid dienone is 4. The van der Waals surface area contributed by atoms with Gasteiger partial charge in [0.1, 0.15) is 25.4 Å². The lowest BCUT2D eigenvalue weighted by Crippen LogP contribution is -2.38. The Hall–Kier alpha value is -6.10. The standard InChI is InChI=1S/C25H36N6O5.C15H21N3O3/c1-16(10-11-32)25(2,3)21(26)13-30(27)14-23(35)29-20-7-5-6-18-19(20)12-31(24(18)36)17(15-33)8-9-22(34)28-4;1-4-5-12-13(10(2)16)8-18(15(12)21)11(9-19)6-7-14(20)17-3/h5-7,11,13,15-17H,8-10,12,14,26-27H2,1-4H3,(H,28,34)(H,29,35);4-5,9,11H,1,6-8,16H2,2-3H3,(H,17,20)/b21-13-;12-5+,13-10+. The van der Waals surface area contributed by atoms with Crippen LogP contribution >= 0.6 is 0 Å². The van der Waals surface area contributed by atoms with Crippen LogP contribution in [0.4, 0.5) is 5.69 Å². The third kappa shape index (κ3) is 12.4. The number of amides is 5. The number of carbonyl (C=O) groups is 8.